The van der Waals surface area contributed by atoms with Crippen LogP contribution in [-0.4, -0.2) is 33.9 Å². The van der Waals surface area contributed by atoms with Gasteiger partial charge in [-0.2, -0.15) is 0 Å². The first kappa shape index (κ1) is 30.6. The molecule has 1 heterocycles. The summed E-state index contributed by atoms with van der Waals surface area (Å²) in [6, 6.07) is 0. The molecule has 4 saturated carbocycles. The van der Waals surface area contributed by atoms with E-state index in [1.165, 1.54) is 74.9 Å². The lowest BCUT2D eigenvalue weighted by molar-refractivity contribution is -0.232. The van der Waals surface area contributed by atoms with Gasteiger partial charge < -0.3 is 4.74 Å². The molecular weight excluding hydrogens is 545 g/mol. The number of fused-ring (bicyclic) bond motifs is 7. The number of thioether (sulfide) groups is 2. The summed E-state index contributed by atoms with van der Waals surface area (Å²) in [5.74, 6) is 5.06. The maximum Gasteiger partial charge on any atom is 0.302 e. The number of hydrogen-bond donors (Lipinski definition) is 0. The lowest BCUT2D eigenvalue weighted by Crippen LogP contribution is -2.65. The molecule has 5 aliphatic carbocycles. The minimum atomic E-state index is -0.128. The zero-order valence-electron chi connectivity index (χ0n) is 27.2. The number of allylic oxidation sites excluding steroid dienone is 2. The van der Waals surface area contributed by atoms with E-state index < -0.39 is 0 Å². The summed E-state index contributed by atoms with van der Waals surface area (Å²) >= 11 is 4.34. The van der Waals surface area contributed by atoms with E-state index in [4.69, 9.17) is 4.74 Å². The van der Waals surface area contributed by atoms with Crippen molar-refractivity contribution in [2.45, 2.75) is 137 Å². The summed E-state index contributed by atoms with van der Waals surface area (Å²) in [5.41, 5.74) is 3.79. The molecule has 0 aromatic rings. The zero-order valence-corrected chi connectivity index (χ0v) is 28.8. The maximum absolute atomic E-state index is 13.9. The summed E-state index contributed by atoms with van der Waals surface area (Å²) < 4.78 is 6.60. The number of esters is 1. The number of ketones is 1. The van der Waals surface area contributed by atoms with E-state index in [0.29, 0.717) is 34.0 Å². The Balaban J connectivity index is 1.37. The average Bonchev–Trinajstić information content (AvgIpc) is 3.18. The first-order valence-electron chi connectivity index (χ1n) is 16.9. The predicted octanol–water partition coefficient (Wildman–Crippen LogP) is 9.49. The molecule has 0 radical (unpaired) electrons. The van der Waals surface area contributed by atoms with Crippen molar-refractivity contribution in [1.82, 2.24) is 0 Å². The summed E-state index contributed by atoms with van der Waals surface area (Å²) in [6.45, 7) is 18.9. The van der Waals surface area contributed by atoms with Crippen molar-refractivity contribution in [1.29, 1.82) is 0 Å². The highest BCUT2D eigenvalue weighted by Crippen LogP contribution is 2.77. The van der Waals surface area contributed by atoms with Crippen LogP contribution >= 0.6 is 23.5 Å². The van der Waals surface area contributed by atoms with Crippen LogP contribution in [0, 0.1) is 50.7 Å². The van der Waals surface area contributed by atoms with Gasteiger partial charge in [0.15, 0.2) is 5.78 Å². The first-order valence-corrected chi connectivity index (χ1v) is 19.0. The Bertz CT molecular complexity index is 1120. The van der Waals surface area contributed by atoms with Gasteiger partial charge in [-0.25, -0.2) is 0 Å². The van der Waals surface area contributed by atoms with Gasteiger partial charge in [0.1, 0.15) is 6.10 Å². The van der Waals surface area contributed by atoms with Gasteiger partial charge in [-0.3, -0.25) is 9.59 Å². The van der Waals surface area contributed by atoms with Crippen molar-refractivity contribution in [2.75, 3.05) is 11.5 Å². The standard InChI is InChI=1S/C36H56O3S2/c1-22(2)30-25(38)20-36(21-29-40-18-9-19-41-29)17-16-34(7)24(31(30)36)10-11-27-33(6)14-13-28(39-23(3)37)32(4,5)26(33)12-15-35(27,34)8/h22,24,26-29H,9-21H2,1-8H3. The molecule has 0 aromatic heterocycles. The van der Waals surface area contributed by atoms with Crippen molar-refractivity contribution in [3.05, 3.63) is 11.1 Å². The Hall–Kier alpha value is -0.420. The Labute approximate surface area is 258 Å². The number of carbonyl (C=O) groups excluding carboxylic acids is 2. The molecule has 1 aliphatic heterocycles. The third-order valence-corrected chi connectivity index (χ3v) is 17.2. The smallest absolute Gasteiger partial charge is 0.302 e. The van der Waals surface area contributed by atoms with Crippen LogP contribution in [0.3, 0.4) is 0 Å². The molecule has 6 rings (SSSR count). The van der Waals surface area contributed by atoms with Crippen LogP contribution in [0.5, 0.6) is 0 Å². The Morgan fingerprint density at radius 3 is 2.27 bits per heavy atom. The van der Waals surface area contributed by atoms with Gasteiger partial charge >= 0.3 is 5.97 Å². The van der Waals surface area contributed by atoms with Crippen LogP contribution in [0.1, 0.15) is 126 Å². The van der Waals surface area contributed by atoms with E-state index in [1.807, 2.05) is 0 Å². The second-order valence-corrected chi connectivity index (χ2v) is 19.6. The molecule has 0 N–H and O–H groups in total. The summed E-state index contributed by atoms with van der Waals surface area (Å²) in [7, 11) is 0. The van der Waals surface area contributed by atoms with Crippen molar-refractivity contribution in [3.8, 4) is 0 Å². The van der Waals surface area contributed by atoms with Gasteiger partial charge in [-0.1, -0.05) is 54.0 Å². The lowest BCUT2D eigenvalue weighted by Gasteiger charge is -2.72. The fourth-order valence-corrected chi connectivity index (χ4v) is 15.5. The molecule has 3 nitrogen and oxygen atoms in total. The normalized spacial score (nSPS) is 46.0. The van der Waals surface area contributed by atoms with Crippen molar-refractivity contribution >= 4 is 35.3 Å². The molecule has 230 valence electrons. The van der Waals surface area contributed by atoms with E-state index >= 15 is 0 Å². The molecule has 0 bridgehead atoms. The van der Waals surface area contributed by atoms with E-state index in [0.717, 1.165) is 12.8 Å². The van der Waals surface area contributed by atoms with E-state index in [-0.39, 0.29) is 39.1 Å². The topological polar surface area (TPSA) is 43.4 Å². The molecule has 0 aromatic carbocycles. The maximum atomic E-state index is 13.9. The number of carbonyl (C=O) groups is 2. The van der Waals surface area contributed by atoms with Gasteiger partial charge in [0.2, 0.25) is 0 Å². The van der Waals surface area contributed by atoms with Crippen molar-refractivity contribution in [3.63, 3.8) is 0 Å². The van der Waals surface area contributed by atoms with E-state index in [2.05, 4.69) is 72.0 Å². The van der Waals surface area contributed by atoms with Gasteiger partial charge in [0, 0.05) is 24.2 Å². The average molecular weight is 601 g/mol. The Morgan fingerprint density at radius 1 is 0.902 bits per heavy atom. The van der Waals surface area contributed by atoms with E-state index in [9.17, 15) is 9.59 Å². The Kier molecular flexibility index (Phi) is 7.70. The summed E-state index contributed by atoms with van der Waals surface area (Å²) in [6.07, 6.45) is 13.0. The second kappa shape index (κ2) is 10.3. The summed E-state index contributed by atoms with van der Waals surface area (Å²) in [4.78, 5) is 25.9. The SMILES string of the molecule is CC(=O)OC1CCC2(C)C(CCC3(C)C2CCC2C4=C(C(C)C)C(=O)CC4(CC4SCCCS4)CCC23C)C1(C)C. The fourth-order valence-electron chi connectivity index (χ4n) is 12.3. The number of ether oxygens (including phenoxy) is 1. The third-order valence-electron chi connectivity index (χ3n) is 14.3. The molecule has 0 amide bonds. The Morgan fingerprint density at radius 2 is 1.61 bits per heavy atom. The minimum absolute atomic E-state index is 0.0000135. The highest BCUT2D eigenvalue weighted by molar-refractivity contribution is 8.17. The molecule has 1 saturated heterocycles. The van der Waals surface area contributed by atoms with Gasteiger partial charge in [-0.15, -0.1) is 23.5 Å². The molecule has 41 heavy (non-hydrogen) atoms. The fraction of sp³-hybridized carbons (Fsp3) is 0.889. The zero-order chi connectivity index (χ0) is 29.6. The molecule has 8 atom stereocenters. The third kappa shape index (κ3) is 4.41. The second-order valence-electron chi connectivity index (χ2n) is 16.7. The molecule has 6 aliphatic rings. The monoisotopic (exact) mass is 600 g/mol. The van der Waals surface area contributed by atoms with Crippen molar-refractivity contribution < 1.29 is 14.3 Å². The minimum Gasteiger partial charge on any atom is -0.462 e. The van der Waals surface area contributed by atoms with Crippen LogP contribution < -0.4 is 0 Å². The number of rotatable bonds is 4. The van der Waals surface area contributed by atoms with Gasteiger partial charge in [-0.05, 0) is 121 Å². The van der Waals surface area contributed by atoms with Crippen LogP contribution in [-0.2, 0) is 14.3 Å². The van der Waals surface area contributed by atoms with Crippen LogP contribution in [0.2, 0.25) is 0 Å². The van der Waals surface area contributed by atoms with Crippen LogP contribution in [0.25, 0.3) is 0 Å². The van der Waals surface area contributed by atoms with E-state index in [1.54, 1.807) is 12.5 Å². The number of hydrogen-bond acceptors (Lipinski definition) is 5. The lowest BCUT2D eigenvalue weighted by atomic mass is 9.33. The van der Waals surface area contributed by atoms with Crippen LogP contribution in [0.4, 0.5) is 0 Å². The predicted molar refractivity (Wildman–Crippen MR) is 173 cm³/mol. The highest BCUT2D eigenvalue weighted by atomic mass is 32.2. The van der Waals surface area contributed by atoms with Crippen molar-refractivity contribution in [2.24, 2.45) is 50.7 Å². The molecule has 5 fully saturated rings. The first-order chi connectivity index (χ1) is 19.2. The van der Waals surface area contributed by atoms with Gasteiger partial charge in [0.25, 0.3) is 0 Å². The quantitative estimate of drug-likeness (QED) is 0.301. The summed E-state index contributed by atoms with van der Waals surface area (Å²) in [5, 5.41) is 0. The van der Waals surface area contributed by atoms with Gasteiger partial charge in [0.05, 0.1) is 4.58 Å². The highest BCUT2D eigenvalue weighted by Gasteiger charge is 2.70. The largest absolute Gasteiger partial charge is 0.462 e. The number of Topliss-reactive ketones (excluding diaryl/α,β-unsaturated/α-hetero) is 1. The molecular formula is C36H56O3S2. The molecule has 5 heteroatoms. The van der Waals surface area contributed by atoms with Crippen LogP contribution in [0.15, 0.2) is 11.1 Å². The molecule has 0 spiro atoms. The molecule has 8 unspecified atom stereocenters.